The Morgan fingerprint density at radius 3 is 2.43 bits per heavy atom. The molecule has 1 heterocycles. The van der Waals surface area contributed by atoms with Gasteiger partial charge < -0.3 is 0 Å². The number of fused-ring (bicyclic) bond motifs is 1. The van der Waals surface area contributed by atoms with Crippen molar-refractivity contribution in [3.8, 4) is 0 Å². The second kappa shape index (κ2) is 5.81. The first kappa shape index (κ1) is 15.7. The van der Waals surface area contributed by atoms with Gasteiger partial charge in [0.2, 0.25) is 0 Å². The minimum Gasteiger partial charge on any atom is -0.294 e. The zero-order chi connectivity index (χ0) is 16.6. The van der Waals surface area contributed by atoms with Crippen LogP contribution in [-0.4, -0.2) is 9.55 Å². The zero-order valence-electron chi connectivity index (χ0n) is 11.6. The maximum absolute atomic E-state index is 12.6. The van der Waals surface area contributed by atoms with Gasteiger partial charge in [-0.15, -0.1) is 0 Å². The highest BCUT2D eigenvalue weighted by Gasteiger charge is 2.29. The highest BCUT2D eigenvalue weighted by atomic mass is 79.9. The van der Waals surface area contributed by atoms with Gasteiger partial charge in [-0.05, 0) is 35.9 Å². The van der Waals surface area contributed by atoms with Crippen molar-refractivity contribution in [3.63, 3.8) is 0 Å². The first-order valence-corrected chi connectivity index (χ1v) is 7.45. The first-order valence-electron chi connectivity index (χ1n) is 6.65. The van der Waals surface area contributed by atoms with E-state index in [2.05, 4.69) is 20.9 Å². The van der Waals surface area contributed by atoms with Crippen LogP contribution in [0.5, 0.6) is 0 Å². The average molecular weight is 383 g/mol. The lowest BCUT2D eigenvalue weighted by Gasteiger charge is -2.09. The standard InChI is InChI=1S/C16H10BrF3N2O/c17-12-5-6-14-13(7-12)15(23)22(9-21-14)8-10-1-3-11(4-2-10)16(18,19)20/h1-7,9H,8H2. The molecule has 3 nitrogen and oxygen atoms in total. The quantitative estimate of drug-likeness (QED) is 0.664. The van der Waals surface area contributed by atoms with Crippen molar-refractivity contribution in [2.75, 3.05) is 0 Å². The van der Waals surface area contributed by atoms with Gasteiger partial charge in [0, 0.05) is 4.47 Å². The van der Waals surface area contributed by atoms with Gasteiger partial charge in [-0.1, -0.05) is 28.1 Å². The SMILES string of the molecule is O=c1c2cc(Br)ccc2ncn1Cc1ccc(C(F)(F)F)cc1. The minimum absolute atomic E-state index is 0.159. The van der Waals surface area contributed by atoms with E-state index in [1.807, 2.05) is 0 Å². The number of nitrogens with zero attached hydrogens (tertiary/aromatic N) is 2. The lowest BCUT2D eigenvalue weighted by molar-refractivity contribution is -0.137. The third-order valence-corrected chi connectivity index (χ3v) is 3.91. The molecule has 0 atom stereocenters. The van der Waals surface area contributed by atoms with Gasteiger partial charge in [0.15, 0.2) is 0 Å². The highest BCUT2D eigenvalue weighted by molar-refractivity contribution is 9.10. The molecule has 0 aliphatic rings. The van der Waals surface area contributed by atoms with Crippen LogP contribution in [0.25, 0.3) is 10.9 Å². The molecule has 0 bridgehead atoms. The fraction of sp³-hybridized carbons (Fsp3) is 0.125. The van der Waals surface area contributed by atoms with E-state index in [-0.39, 0.29) is 12.1 Å². The number of hydrogen-bond donors (Lipinski definition) is 0. The monoisotopic (exact) mass is 382 g/mol. The van der Waals surface area contributed by atoms with Crippen molar-refractivity contribution in [1.82, 2.24) is 9.55 Å². The van der Waals surface area contributed by atoms with E-state index in [4.69, 9.17) is 0 Å². The summed E-state index contributed by atoms with van der Waals surface area (Å²) >= 11 is 3.30. The molecule has 0 N–H and O–H groups in total. The predicted molar refractivity (Wildman–Crippen MR) is 84.2 cm³/mol. The summed E-state index contributed by atoms with van der Waals surface area (Å²) in [4.78, 5) is 16.6. The van der Waals surface area contributed by atoms with Crippen LogP contribution >= 0.6 is 15.9 Å². The Morgan fingerprint density at radius 1 is 1.09 bits per heavy atom. The molecule has 3 aromatic rings. The molecule has 0 saturated carbocycles. The van der Waals surface area contributed by atoms with Crippen LogP contribution in [0.15, 0.2) is 58.1 Å². The molecule has 0 radical (unpaired) electrons. The molecule has 0 fully saturated rings. The van der Waals surface area contributed by atoms with E-state index in [9.17, 15) is 18.0 Å². The number of hydrogen-bond acceptors (Lipinski definition) is 2. The lowest BCUT2D eigenvalue weighted by atomic mass is 10.1. The van der Waals surface area contributed by atoms with Crippen molar-refractivity contribution in [2.45, 2.75) is 12.7 Å². The van der Waals surface area contributed by atoms with Gasteiger partial charge in [0.05, 0.1) is 29.3 Å². The highest BCUT2D eigenvalue weighted by Crippen LogP contribution is 2.29. The predicted octanol–water partition coefficient (Wildman–Crippen LogP) is 4.23. The summed E-state index contributed by atoms with van der Waals surface area (Å²) in [6.07, 6.45) is -2.97. The Balaban J connectivity index is 1.95. The molecule has 0 aliphatic carbocycles. The smallest absolute Gasteiger partial charge is 0.294 e. The molecule has 2 aromatic carbocycles. The van der Waals surface area contributed by atoms with Crippen molar-refractivity contribution >= 4 is 26.8 Å². The molecule has 0 aliphatic heterocycles. The average Bonchev–Trinajstić information content (AvgIpc) is 2.50. The van der Waals surface area contributed by atoms with Gasteiger partial charge in [0.25, 0.3) is 5.56 Å². The molecule has 0 amide bonds. The Kier molecular flexibility index (Phi) is 3.97. The number of rotatable bonds is 2. The number of aromatic nitrogens is 2. The number of alkyl halides is 3. The largest absolute Gasteiger partial charge is 0.416 e. The molecular weight excluding hydrogens is 373 g/mol. The van der Waals surface area contributed by atoms with Crippen LogP contribution in [0.1, 0.15) is 11.1 Å². The van der Waals surface area contributed by atoms with Gasteiger partial charge in [-0.2, -0.15) is 13.2 Å². The minimum atomic E-state index is -4.37. The van der Waals surface area contributed by atoms with Crippen molar-refractivity contribution < 1.29 is 13.2 Å². The molecule has 0 unspecified atom stereocenters. The van der Waals surface area contributed by atoms with E-state index in [0.29, 0.717) is 16.5 Å². The molecule has 118 valence electrons. The Morgan fingerprint density at radius 2 is 1.78 bits per heavy atom. The summed E-state index contributed by atoms with van der Waals surface area (Å²) in [6.45, 7) is 0.159. The molecular formula is C16H10BrF3N2O. The van der Waals surface area contributed by atoms with Crippen molar-refractivity contribution in [2.24, 2.45) is 0 Å². The summed E-state index contributed by atoms with van der Waals surface area (Å²) in [5.41, 5.74) is 0.212. The second-order valence-corrected chi connectivity index (χ2v) is 5.95. The van der Waals surface area contributed by atoms with E-state index >= 15 is 0 Å². The van der Waals surface area contributed by atoms with Crippen LogP contribution < -0.4 is 5.56 Å². The third-order valence-electron chi connectivity index (χ3n) is 3.42. The fourth-order valence-corrected chi connectivity index (χ4v) is 2.60. The summed E-state index contributed by atoms with van der Waals surface area (Å²) in [5.74, 6) is 0. The Bertz CT molecular complexity index is 917. The Labute approximate surface area is 137 Å². The maximum Gasteiger partial charge on any atom is 0.416 e. The zero-order valence-corrected chi connectivity index (χ0v) is 13.2. The second-order valence-electron chi connectivity index (χ2n) is 5.03. The summed E-state index contributed by atoms with van der Waals surface area (Å²) < 4.78 is 39.8. The van der Waals surface area contributed by atoms with E-state index in [1.165, 1.54) is 23.0 Å². The lowest BCUT2D eigenvalue weighted by Crippen LogP contribution is -2.21. The number of benzene rings is 2. The molecule has 0 spiro atoms. The van der Waals surface area contributed by atoms with Crippen LogP contribution in [0.4, 0.5) is 13.2 Å². The molecule has 3 rings (SSSR count). The molecule has 0 saturated heterocycles. The van der Waals surface area contributed by atoms with Crippen LogP contribution in [0.2, 0.25) is 0 Å². The van der Waals surface area contributed by atoms with E-state index in [1.54, 1.807) is 18.2 Å². The topological polar surface area (TPSA) is 34.9 Å². The third kappa shape index (κ3) is 3.29. The summed E-state index contributed by atoms with van der Waals surface area (Å²) in [5, 5.41) is 0.453. The molecule has 7 heteroatoms. The van der Waals surface area contributed by atoms with Crippen LogP contribution in [-0.2, 0) is 12.7 Å². The number of halogens is 4. The normalized spacial score (nSPS) is 11.8. The van der Waals surface area contributed by atoms with Gasteiger partial charge >= 0.3 is 6.18 Å². The maximum atomic E-state index is 12.6. The van der Waals surface area contributed by atoms with Gasteiger partial charge in [0.1, 0.15) is 0 Å². The van der Waals surface area contributed by atoms with Crippen LogP contribution in [0, 0.1) is 0 Å². The Hall–Kier alpha value is -2.15. The van der Waals surface area contributed by atoms with E-state index in [0.717, 1.165) is 16.6 Å². The molecule has 1 aromatic heterocycles. The first-order chi connectivity index (χ1) is 10.8. The molecule has 23 heavy (non-hydrogen) atoms. The fourth-order valence-electron chi connectivity index (χ4n) is 2.24. The van der Waals surface area contributed by atoms with Crippen molar-refractivity contribution in [1.29, 1.82) is 0 Å². The van der Waals surface area contributed by atoms with Crippen LogP contribution in [0.3, 0.4) is 0 Å². The summed E-state index contributed by atoms with van der Waals surface area (Å²) in [7, 11) is 0. The van der Waals surface area contributed by atoms with Gasteiger partial charge in [-0.25, -0.2) is 4.98 Å². The summed E-state index contributed by atoms with van der Waals surface area (Å²) in [6, 6.07) is 9.92. The van der Waals surface area contributed by atoms with Gasteiger partial charge in [-0.3, -0.25) is 9.36 Å². The van der Waals surface area contributed by atoms with Crippen molar-refractivity contribution in [3.05, 3.63) is 74.7 Å². The van der Waals surface area contributed by atoms with E-state index < -0.39 is 11.7 Å².